The van der Waals surface area contributed by atoms with Crippen LogP contribution in [0.2, 0.25) is 0 Å². The largest absolute Gasteiger partial charge is 1.00 e. The number of hydrogen-bond donors (Lipinski definition) is 1. The van der Waals surface area contributed by atoms with Crippen molar-refractivity contribution >= 4 is 11.5 Å². The molecule has 0 fully saturated rings. The molecule has 4 rings (SSSR count). The van der Waals surface area contributed by atoms with E-state index in [0.29, 0.717) is 12.2 Å². The maximum atomic E-state index is 13.2. The van der Waals surface area contributed by atoms with E-state index in [2.05, 4.69) is 0 Å². The molecule has 0 amide bonds. The molecule has 1 atom stereocenters. The molecule has 156 valence electrons. The Balaban J connectivity index is 0.00000240. The van der Waals surface area contributed by atoms with Gasteiger partial charge in [-0.2, -0.15) is 13.2 Å². The van der Waals surface area contributed by atoms with Crippen LogP contribution in [-0.4, -0.2) is 28.6 Å². The number of anilines is 1. The van der Waals surface area contributed by atoms with Crippen molar-refractivity contribution in [2.24, 2.45) is 0 Å². The van der Waals surface area contributed by atoms with Crippen molar-refractivity contribution in [1.82, 2.24) is 0 Å². The monoisotopic (exact) mass is 468 g/mol. The van der Waals surface area contributed by atoms with Crippen LogP contribution in [0.1, 0.15) is 42.4 Å². The Morgan fingerprint density at radius 2 is 1.76 bits per heavy atom. The Hall–Kier alpha value is -1.86. The second-order valence-electron chi connectivity index (χ2n) is 7.70. The summed E-state index contributed by atoms with van der Waals surface area (Å²) in [6.07, 6.45) is -0.693. The van der Waals surface area contributed by atoms with Crippen LogP contribution >= 0.6 is 0 Å². The summed E-state index contributed by atoms with van der Waals surface area (Å²) in [5.41, 5.74) is 0.421. The van der Waals surface area contributed by atoms with Crippen molar-refractivity contribution in [3.05, 3.63) is 65.2 Å². The van der Waals surface area contributed by atoms with Crippen molar-refractivity contribution in [3.8, 4) is 0 Å². The van der Waals surface area contributed by atoms with Gasteiger partial charge in [-0.15, -0.1) is 0 Å². The molecule has 7 heteroatoms. The molecule has 0 aliphatic carbocycles. The molecule has 3 nitrogen and oxygen atoms in total. The van der Waals surface area contributed by atoms with Crippen LogP contribution in [0.4, 0.5) is 18.9 Å². The lowest BCUT2D eigenvalue weighted by atomic mass is 10.0. The summed E-state index contributed by atoms with van der Waals surface area (Å²) in [6.45, 7) is 2.89. The van der Waals surface area contributed by atoms with E-state index in [1.54, 1.807) is 6.07 Å². The topological polar surface area (TPSA) is 26.5 Å². The van der Waals surface area contributed by atoms with Gasteiger partial charge in [0.2, 0.25) is 0 Å². The maximum Gasteiger partial charge on any atom is 0.416 e. The fraction of sp³-hybridized carbons (Fsp3) is 0.409. The Morgan fingerprint density at radius 3 is 2.45 bits per heavy atom. The van der Waals surface area contributed by atoms with Crippen LogP contribution in [0.25, 0.3) is 0 Å². The normalized spacial score (nSPS) is 22.2. The Bertz CT molecular complexity index is 911. The van der Waals surface area contributed by atoms with Crippen LogP contribution in [0, 0.1) is 6.92 Å². The van der Waals surface area contributed by atoms with Gasteiger partial charge in [0.15, 0.2) is 6.54 Å². The molecule has 0 saturated carbocycles. The SMILES string of the molecule is Cc1ccc(C2(O)CN(c3cccc(C(F)(F)F)c3)C3=[N+]2CCCCC3)cc1.[Br-]. The third-order valence-electron chi connectivity index (χ3n) is 5.73. The number of aliphatic hydroxyl groups is 1. The predicted octanol–water partition coefficient (Wildman–Crippen LogP) is 1.67. The number of amidine groups is 1. The number of alkyl halides is 3. The first kappa shape index (κ1) is 21.8. The summed E-state index contributed by atoms with van der Waals surface area (Å²) in [6, 6.07) is 13.1. The molecule has 2 aliphatic rings. The molecule has 2 aliphatic heterocycles. The average molecular weight is 469 g/mol. The lowest BCUT2D eigenvalue weighted by Crippen LogP contribution is -3.00. The van der Waals surface area contributed by atoms with Crippen LogP contribution in [-0.2, 0) is 11.9 Å². The van der Waals surface area contributed by atoms with Crippen molar-refractivity contribution in [3.63, 3.8) is 0 Å². The summed E-state index contributed by atoms with van der Waals surface area (Å²) in [7, 11) is 0. The summed E-state index contributed by atoms with van der Waals surface area (Å²) >= 11 is 0. The van der Waals surface area contributed by atoms with E-state index in [1.165, 1.54) is 12.1 Å². The van der Waals surface area contributed by atoms with Gasteiger partial charge >= 0.3 is 6.18 Å². The van der Waals surface area contributed by atoms with E-state index in [-0.39, 0.29) is 23.5 Å². The Kier molecular flexibility index (Phi) is 6.11. The van der Waals surface area contributed by atoms with E-state index in [9.17, 15) is 18.3 Å². The highest BCUT2D eigenvalue weighted by atomic mass is 79.9. The molecule has 1 unspecified atom stereocenters. The fourth-order valence-corrected chi connectivity index (χ4v) is 4.23. The van der Waals surface area contributed by atoms with Crippen molar-refractivity contribution in [1.29, 1.82) is 0 Å². The molecule has 0 aromatic heterocycles. The minimum absolute atomic E-state index is 0. The smallest absolute Gasteiger partial charge is 0.416 e. The summed E-state index contributed by atoms with van der Waals surface area (Å²) in [5.74, 6) is 0.903. The van der Waals surface area contributed by atoms with Gasteiger partial charge in [-0.1, -0.05) is 35.9 Å². The van der Waals surface area contributed by atoms with Crippen LogP contribution in [0.3, 0.4) is 0 Å². The van der Waals surface area contributed by atoms with E-state index < -0.39 is 17.5 Å². The van der Waals surface area contributed by atoms with Gasteiger partial charge < -0.3 is 22.1 Å². The molecule has 2 aromatic rings. The molecule has 0 bridgehead atoms. The van der Waals surface area contributed by atoms with Gasteiger partial charge in [-0.25, -0.2) is 9.48 Å². The summed E-state index contributed by atoms with van der Waals surface area (Å²) in [5, 5.41) is 11.7. The van der Waals surface area contributed by atoms with Crippen LogP contribution in [0.5, 0.6) is 0 Å². The maximum absolute atomic E-state index is 13.2. The molecule has 0 saturated heterocycles. The third kappa shape index (κ3) is 4.08. The molecule has 2 heterocycles. The van der Waals surface area contributed by atoms with Gasteiger partial charge in [-0.05, 0) is 44.4 Å². The molecule has 0 radical (unpaired) electrons. The first-order chi connectivity index (χ1) is 13.3. The minimum Gasteiger partial charge on any atom is -1.00 e. The van der Waals surface area contributed by atoms with Gasteiger partial charge in [0.05, 0.1) is 12.1 Å². The highest BCUT2D eigenvalue weighted by molar-refractivity contribution is 5.96. The van der Waals surface area contributed by atoms with E-state index in [1.807, 2.05) is 40.7 Å². The zero-order valence-corrected chi connectivity index (χ0v) is 17.8. The van der Waals surface area contributed by atoms with Gasteiger partial charge in [0.1, 0.15) is 5.69 Å². The number of hydrogen-bond acceptors (Lipinski definition) is 2. The van der Waals surface area contributed by atoms with Crippen molar-refractivity contribution in [2.45, 2.75) is 44.5 Å². The highest BCUT2D eigenvalue weighted by Gasteiger charge is 2.52. The number of halogens is 4. The Morgan fingerprint density at radius 1 is 1.03 bits per heavy atom. The lowest BCUT2D eigenvalue weighted by Gasteiger charge is -2.23. The van der Waals surface area contributed by atoms with Crippen LogP contribution < -0.4 is 21.9 Å². The molecule has 0 spiro atoms. The standard InChI is InChI=1S/C22H24F3N2O.BrH/c1-16-9-11-17(12-10-16)21(28)15-26(20-8-3-2-4-13-27(20)21)19-7-5-6-18(14-19)22(23,24)25;/h5-7,9-12,14,28H,2-4,8,13,15H2,1H3;1H/q+1;/p-1. The van der Waals surface area contributed by atoms with Gasteiger partial charge in [-0.3, -0.25) is 0 Å². The summed E-state index contributed by atoms with van der Waals surface area (Å²) in [4.78, 5) is 1.86. The van der Waals surface area contributed by atoms with Crippen molar-refractivity contribution < 1.29 is 39.8 Å². The molecule has 2 aromatic carbocycles. The van der Waals surface area contributed by atoms with E-state index >= 15 is 0 Å². The van der Waals surface area contributed by atoms with Crippen LogP contribution in [0.15, 0.2) is 48.5 Å². The highest BCUT2D eigenvalue weighted by Crippen LogP contribution is 2.37. The van der Waals surface area contributed by atoms with E-state index in [4.69, 9.17) is 0 Å². The number of rotatable bonds is 2. The Labute approximate surface area is 179 Å². The van der Waals surface area contributed by atoms with Gasteiger partial charge in [0, 0.05) is 12.0 Å². The molecule has 29 heavy (non-hydrogen) atoms. The number of nitrogens with zero attached hydrogens (tertiary/aromatic N) is 2. The third-order valence-corrected chi connectivity index (χ3v) is 5.73. The fourth-order valence-electron chi connectivity index (χ4n) is 4.23. The quantitative estimate of drug-likeness (QED) is 0.678. The predicted molar refractivity (Wildman–Crippen MR) is 102 cm³/mol. The number of benzene rings is 2. The zero-order chi connectivity index (χ0) is 19.9. The lowest BCUT2D eigenvalue weighted by molar-refractivity contribution is -0.658. The zero-order valence-electron chi connectivity index (χ0n) is 16.2. The number of β-amino-alcohol motifs (C(OH)–C–C–N with tert-alkyl or cyclic N) is 1. The first-order valence-corrected chi connectivity index (χ1v) is 9.67. The molecular formula is C22H24BrF3N2O. The first-order valence-electron chi connectivity index (χ1n) is 9.67. The minimum atomic E-state index is -4.39. The van der Waals surface area contributed by atoms with Crippen molar-refractivity contribution in [2.75, 3.05) is 18.0 Å². The average Bonchev–Trinajstić information content (AvgIpc) is 2.82. The van der Waals surface area contributed by atoms with Gasteiger partial charge in [0.25, 0.3) is 11.6 Å². The summed E-state index contributed by atoms with van der Waals surface area (Å²) < 4.78 is 41.7. The number of aryl methyl sites for hydroxylation is 1. The molecule has 1 N–H and O–H groups in total. The second-order valence-corrected chi connectivity index (χ2v) is 7.70. The molecular weight excluding hydrogens is 445 g/mol. The van der Waals surface area contributed by atoms with E-state index in [0.717, 1.165) is 48.7 Å². The second kappa shape index (κ2) is 8.11.